The van der Waals surface area contributed by atoms with E-state index >= 15 is 0 Å². The molecule has 1 atom stereocenters. The van der Waals surface area contributed by atoms with Gasteiger partial charge in [0.2, 0.25) is 11.1 Å². The predicted octanol–water partition coefficient (Wildman–Crippen LogP) is 6.16. The Labute approximate surface area is 205 Å². The Morgan fingerprint density at radius 1 is 1.09 bits per heavy atom. The minimum Gasteiger partial charge on any atom is -0.489 e. The molecule has 1 unspecified atom stereocenters. The molecule has 1 aliphatic heterocycles. The summed E-state index contributed by atoms with van der Waals surface area (Å²) in [4.78, 5) is 17.2. The molecular formula is C27H32N4O2S. The quantitative estimate of drug-likeness (QED) is 0.393. The second-order valence-corrected chi connectivity index (χ2v) is 9.92. The Morgan fingerprint density at radius 3 is 2.47 bits per heavy atom. The summed E-state index contributed by atoms with van der Waals surface area (Å²) in [6, 6.07) is 12.0. The number of rotatable bonds is 8. The van der Waals surface area contributed by atoms with Gasteiger partial charge in [0.25, 0.3) is 0 Å². The number of anilines is 1. The molecule has 34 heavy (non-hydrogen) atoms. The number of allylic oxidation sites excluding steroid dienone is 2. The fraction of sp³-hybridized carbons (Fsp3) is 0.370. The van der Waals surface area contributed by atoms with Gasteiger partial charge in [0.05, 0.1) is 0 Å². The molecule has 0 saturated carbocycles. The number of aromatic nitrogens is 3. The summed E-state index contributed by atoms with van der Waals surface area (Å²) < 4.78 is 7.92. The van der Waals surface area contributed by atoms with E-state index in [1.807, 2.05) is 35.9 Å². The summed E-state index contributed by atoms with van der Waals surface area (Å²) in [5, 5.41) is 8.70. The molecule has 0 amide bonds. The van der Waals surface area contributed by atoms with Gasteiger partial charge in [0, 0.05) is 17.0 Å². The van der Waals surface area contributed by atoms with Crippen LogP contribution in [-0.2, 0) is 11.4 Å². The first-order valence-corrected chi connectivity index (χ1v) is 12.6. The Hall–Kier alpha value is -3.06. The Bertz CT molecular complexity index is 1240. The lowest BCUT2D eigenvalue weighted by Gasteiger charge is -2.28. The number of fused-ring (bicyclic) bond motifs is 1. The first-order chi connectivity index (χ1) is 16.3. The molecule has 0 saturated heterocycles. The summed E-state index contributed by atoms with van der Waals surface area (Å²) in [5.41, 5.74) is 7.46. The van der Waals surface area contributed by atoms with Crippen LogP contribution in [0.1, 0.15) is 61.1 Å². The first-order valence-electron chi connectivity index (χ1n) is 11.7. The third-order valence-electron chi connectivity index (χ3n) is 6.19. The highest BCUT2D eigenvalue weighted by atomic mass is 32.2. The maximum Gasteiger partial charge on any atom is 0.227 e. The number of carbonyl (C=O) groups excluding carboxylic acids is 1. The summed E-state index contributed by atoms with van der Waals surface area (Å²) >= 11 is 1.63. The number of benzene rings is 2. The lowest BCUT2D eigenvalue weighted by Crippen LogP contribution is -2.27. The first kappa shape index (κ1) is 24.1. The Kier molecular flexibility index (Phi) is 7.12. The highest BCUT2D eigenvalue weighted by Crippen LogP contribution is 2.37. The standard InChI is InChI=1S/C27H32N4O2S/c1-7-12-34-27-29-26-28-19(5)24(20(6)32)25(31(26)30-27)21-8-10-23(11-9-21)33-15-22-14-17(3)16(2)13-18(22)4/h8-11,13-14,25H,7,12,15H2,1-6H3,(H,28,29,30). The van der Waals surface area contributed by atoms with Crippen LogP contribution in [-0.4, -0.2) is 26.3 Å². The van der Waals surface area contributed by atoms with Crippen LogP contribution >= 0.6 is 11.8 Å². The zero-order valence-electron chi connectivity index (χ0n) is 20.7. The molecule has 4 rings (SSSR count). The molecule has 7 heteroatoms. The smallest absolute Gasteiger partial charge is 0.227 e. The molecule has 1 aromatic heterocycles. The molecular weight excluding hydrogens is 444 g/mol. The number of aryl methyl sites for hydroxylation is 3. The second-order valence-electron chi connectivity index (χ2n) is 8.85. The predicted molar refractivity (Wildman–Crippen MR) is 138 cm³/mol. The summed E-state index contributed by atoms with van der Waals surface area (Å²) in [6.45, 7) is 12.5. The number of Topliss-reactive ketones (excluding diaryl/α,β-unsaturated/α-hetero) is 1. The highest BCUT2D eigenvalue weighted by Gasteiger charge is 2.32. The number of nitrogens with zero attached hydrogens (tertiary/aromatic N) is 3. The van der Waals surface area contributed by atoms with Crippen molar-refractivity contribution in [3.8, 4) is 5.75 Å². The van der Waals surface area contributed by atoms with Crippen molar-refractivity contribution in [2.45, 2.75) is 65.8 Å². The van der Waals surface area contributed by atoms with E-state index in [-0.39, 0.29) is 11.8 Å². The van der Waals surface area contributed by atoms with Crippen molar-refractivity contribution in [1.82, 2.24) is 14.8 Å². The number of ether oxygens (including phenoxy) is 1. The van der Waals surface area contributed by atoms with E-state index in [0.29, 0.717) is 18.1 Å². The number of nitrogens with one attached hydrogen (secondary N) is 1. The monoisotopic (exact) mass is 476 g/mol. The van der Waals surface area contributed by atoms with Gasteiger partial charge in [0.15, 0.2) is 5.78 Å². The molecule has 3 aromatic rings. The van der Waals surface area contributed by atoms with Crippen molar-refractivity contribution in [2.24, 2.45) is 0 Å². The lowest BCUT2D eigenvalue weighted by atomic mass is 9.93. The van der Waals surface area contributed by atoms with Crippen molar-refractivity contribution in [1.29, 1.82) is 0 Å². The SMILES string of the molecule is CCCSc1nc2n(n1)C(c1ccc(OCc3cc(C)c(C)cc3C)cc1)C(C(C)=O)=C(C)N2. The topological polar surface area (TPSA) is 69.0 Å². The number of carbonyl (C=O) groups is 1. The molecule has 0 spiro atoms. The van der Waals surface area contributed by atoms with Gasteiger partial charge in [-0.05, 0) is 81.0 Å². The van der Waals surface area contributed by atoms with Crippen molar-refractivity contribution < 1.29 is 9.53 Å². The maximum absolute atomic E-state index is 12.6. The number of thioether (sulfide) groups is 1. The van der Waals surface area contributed by atoms with Gasteiger partial charge in [-0.15, -0.1) is 5.10 Å². The molecule has 0 fully saturated rings. The third-order valence-corrected chi connectivity index (χ3v) is 7.23. The van der Waals surface area contributed by atoms with Crippen LogP contribution in [0.3, 0.4) is 0 Å². The van der Waals surface area contributed by atoms with Gasteiger partial charge in [-0.2, -0.15) is 4.98 Å². The van der Waals surface area contributed by atoms with Crippen LogP contribution in [0, 0.1) is 20.8 Å². The molecule has 1 N–H and O–H groups in total. The van der Waals surface area contributed by atoms with Crippen molar-refractivity contribution in [3.63, 3.8) is 0 Å². The van der Waals surface area contributed by atoms with E-state index < -0.39 is 0 Å². The average Bonchev–Trinajstić information content (AvgIpc) is 3.20. The van der Waals surface area contributed by atoms with Crippen molar-refractivity contribution >= 4 is 23.5 Å². The van der Waals surface area contributed by atoms with E-state index in [4.69, 9.17) is 9.84 Å². The van der Waals surface area contributed by atoms with E-state index in [1.54, 1.807) is 18.7 Å². The maximum atomic E-state index is 12.6. The minimum absolute atomic E-state index is 0.0180. The average molecular weight is 477 g/mol. The molecule has 0 aliphatic carbocycles. The van der Waals surface area contributed by atoms with E-state index in [0.717, 1.165) is 34.3 Å². The summed E-state index contributed by atoms with van der Waals surface area (Å²) in [7, 11) is 0. The van der Waals surface area contributed by atoms with E-state index in [1.165, 1.54) is 22.3 Å². The number of hydrogen-bond acceptors (Lipinski definition) is 6. The molecule has 2 heterocycles. The zero-order chi connectivity index (χ0) is 24.4. The van der Waals surface area contributed by atoms with Crippen molar-refractivity contribution in [2.75, 3.05) is 11.1 Å². The summed E-state index contributed by atoms with van der Waals surface area (Å²) in [6.07, 6.45) is 1.05. The normalized spacial score (nSPS) is 15.2. The zero-order valence-corrected chi connectivity index (χ0v) is 21.5. The fourth-order valence-corrected chi connectivity index (χ4v) is 4.92. The largest absolute Gasteiger partial charge is 0.489 e. The van der Waals surface area contributed by atoms with Gasteiger partial charge in [-0.3, -0.25) is 4.79 Å². The third kappa shape index (κ3) is 4.89. The van der Waals surface area contributed by atoms with Crippen LogP contribution < -0.4 is 10.1 Å². The Balaban J connectivity index is 1.60. The lowest BCUT2D eigenvalue weighted by molar-refractivity contribution is -0.114. The van der Waals surface area contributed by atoms with Gasteiger partial charge in [-0.25, -0.2) is 4.68 Å². The van der Waals surface area contributed by atoms with Crippen LogP contribution in [0.25, 0.3) is 0 Å². The van der Waals surface area contributed by atoms with Crippen LogP contribution in [0.4, 0.5) is 5.95 Å². The second kappa shape index (κ2) is 10.1. The molecule has 0 bridgehead atoms. The van der Waals surface area contributed by atoms with Crippen LogP contribution in [0.5, 0.6) is 5.75 Å². The molecule has 6 nitrogen and oxygen atoms in total. The van der Waals surface area contributed by atoms with E-state index in [2.05, 4.69) is 50.1 Å². The number of ketones is 1. The minimum atomic E-state index is -0.326. The van der Waals surface area contributed by atoms with Gasteiger partial charge >= 0.3 is 0 Å². The van der Waals surface area contributed by atoms with E-state index in [9.17, 15) is 4.79 Å². The van der Waals surface area contributed by atoms with Gasteiger partial charge in [0.1, 0.15) is 18.4 Å². The molecule has 178 valence electrons. The molecule has 0 radical (unpaired) electrons. The molecule has 2 aromatic carbocycles. The van der Waals surface area contributed by atoms with Gasteiger partial charge < -0.3 is 10.1 Å². The highest BCUT2D eigenvalue weighted by molar-refractivity contribution is 7.99. The Morgan fingerprint density at radius 2 is 1.79 bits per heavy atom. The fourth-order valence-electron chi connectivity index (χ4n) is 4.23. The summed E-state index contributed by atoms with van der Waals surface area (Å²) in [5.74, 6) is 2.42. The van der Waals surface area contributed by atoms with Gasteiger partial charge in [-0.1, -0.05) is 43.0 Å². The van der Waals surface area contributed by atoms with Crippen LogP contribution in [0.15, 0.2) is 52.8 Å². The number of hydrogen-bond donors (Lipinski definition) is 1. The van der Waals surface area contributed by atoms with Crippen LogP contribution in [0.2, 0.25) is 0 Å². The molecule has 1 aliphatic rings. The van der Waals surface area contributed by atoms with Crippen molar-refractivity contribution in [3.05, 3.63) is 75.5 Å².